The van der Waals surface area contributed by atoms with E-state index in [0.29, 0.717) is 63.5 Å². The molecule has 1 aromatic heterocycles. The molecule has 0 spiro atoms. The third kappa shape index (κ3) is 5.40. The second kappa shape index (κ2) is 11.2. The maximum Gasteiger partial charge on any atom is 0.258 e. The highest BCUT2D eigenvalue weighted by Crippen LogP contribution is 2.39. The third-order valence-corrected chi connectivity index (χ3v) is 7.65. The highest BCUT2D eigenvalue weighted by atomic mass is 35.5. The first kappa shape index (κ1) is 28.3. The fraction of sp³-hybridized carbons (Fsp3) is 0.310. The third-order valence-electron chi connectivity index (χ3n) is 6.77. The maximum absolute atomic E-state index is 14.8. The summed E-state index contributed by atoms with van der Waals surface area (Å²) in [6.45, 7) is 13.4. The van der Waals surface area contributed by atoms with E-state index in [9.17, 15) is 9.18 Å². The summed E-state index contributed by atoms with van der Waals surface area (Å²) in [6, 6.07) is 11.7. The van der Waals surface area contributed by atoms with Gasteiger partial charge in [0, 0.05) is 44.0 Å². The SMILES string of the molecule is [C-]#[N+]c1ccc(N2C(=O)C(C)(C)N(CCCOc3ccc(-c4ccc(N(C)C)nc4)c(F)c3)C2=S)c(C)c1Cl. The van der Waals surface area contributed by atoms with E-state index < -0.39 is 11.4 Å². The average Bonchev–Trinajstić information content (AvgIpc) is 3.07. The van der Waals surface area contributed by atoms with Gasteiger partial charge in [-0.3, -0.25) is 9.69 Å². The molecule has 0 unspecified atom stereocenters. The van der Waals surface area contributed by atoms with Crippen LogP contribution in [0, 0.1) is 19.3 Å². The van der Waals surface area contributed by atoms with E-state index >= 15 is 0 Å². The van der Waals surface area contributed by atoms with Crippen molar-refractivity contribution in [2.45, 2.75) is 32.7 Å². The zero-order valence-corrected chi connectivity index (χ0v) is 24.0. The van der Waals surface area contributed by atoms with Crippen LogP contribution in [0.15, 0.2) is 48.7 Å². The van der Waals surface area contributed by atoms with E-state index in [2.05, 4.69) is 9.83 Å². The minimum atomic E-state index is -0.877. The number of hydrogen-bond donors (Lipinski definition) is 0. The van der Waals surface area contributed by atoms with E-state index in [4.69, 9.17) is 35.1 Å². The fourth-order valence-electron chi connectivity index (χ4n) is 4.45. The number of anilines is 2. The molecule has 3 aromatic rings. The van der Waals surface area contributed by atoms with E-state index in [1.165, 1.54) is 11.0 Å². The van der Waals surface area contributed by atoms with Gasteiger partial charge >= 0.3 is 0 Å². The molecule has 4 rings (SSSR count). The molecule has 202 valence electrons. The number of carbonyl (C=O) groups excluding carboxylic acids is 1. The lowest BCUT2D eigenvalue weighted by Gasteiger charge is -2.29. The Kier molecular flexibility index (Phi) is 8.09. The van der Waals surface area contributed by atoms with Crippen molar-refractivity contribution in [1.82, 2.24) is 9.88 Å². The number of amides is 1. The Hall–Kier alpha value is -3.74. The summed E-state index contributed by atoms with van der Waals surface area (Å²) in [6.07, 6.45) is 2.20. The molecule has 0 atom stereocenters. The van der Waals surface area contributed by atoms with Gasteiger partial charge in [-0.15, -0.1) is 0 Å². The minimum absolute atomic E-state index is 0.172. The Morgan fingerprint density at radius 2 is 1.95 bits per heavy atom. The molecule has 39 heavy (non-hydrogen) atoms. The molecule has 1 aliphatic heterocycles. The molecule has 2 aromatic carbocycles. The Balaban J connectivity index is 1.40. The average molecular weight is 566 g/mol. The maximum atomic E-state index is 14.8. The van der Waals surface area contributed by atoms with Gasteiger partial charge in [0.05, 0.1) is 23.9 Å². The van der Waals surface area contributed by atoms with Crippen LogP contribution in [-0.4, -0.2) is 53.7 Å². The van der Waals surface area contributed by atoms with Crippen molar-refractivity contribution in [3.05, 3.63) is 76.5 Å². The predicted molar refractivity (Wildman–Crippen MR) is 157 cm³/mol. The number of carbonyl (C=O) groups is 1. The lowest BCUT2D eigenvalue weighted by Crippen LogP contribution is -2.44. The topological polar surface area (TPSA) is 53.3 Å². The molecule has 0 radical (unpaired) electrons. The van der Waals surface area contributed by atoms with Crippen LogP contribution in [0.1, 0.15) is 25.8 Å². The Morgan fingerprint density at radius 3 is 2.56 bits per heavy atom. The van der Waals surface area contributed by atoms with E-state index in [0.717, 1.165) is 5.82 Å². The molecule has 10 heteroatoms. The summed E-state index contributed by atoms with van der Waals surface area (Å²) in [5, 5.41) is 0.673. The van der Waals surface area contributed by atoms with Crippen LogP contribution in [0.4, 0.5) is 21.6 Å². The summed E-state index contributed by atoms with van der Waals surface area (Å²) in [4.78, 5) is 26.4. The highest BCUT2D eigenvalue weighted by molar-refractivity contribution is 7.80. The standard InChI is InChI=1S/C29H29ClFN5O2S/c1-18-24(12-11-23(32-4)26(18)30)36-27(37)29(2,3)35(28(36)39)14-7-15-38-20-9-10-21(22(31)16-20)19-8-13-25(33-17-19)34(5)6/h8-13,16-17H,7,14-15H2,1-3,5-6H3. The zero-order valence-electron chi connectivity index (χ0n) is 22.5. The highest BCUT2D eigenvalue weighted by Gasteiger charge is 2.49. The molecule has 7 nitrogen and oxygen atoms in total. The first-order valence-corrected chi connectivity index (χ1v) is 13.1. The molecule has 0 N–H and O–H groups in total. The van der Waals surface area contributed by atoms with Gasteiger partial charge in [-0.25, -0.2) is 14.2 Å². The van der Waals surface area contributed by atoms with Gasteiger partial charge in [0.1, 0.15) is 22.9 Å². The largest absolute Gasteiger partial charge is 0.493 e. The van der Waals surface area contributed by atoms with Crippen molar-refractivity contribution in [2.75, 3.05) is 37.0 Å². The number of benzene rings is 2. The van der Waals surface area contributed by atoms with Gasteiger partial charge in [-0.2, -0.15) is 0 Å². The summed E-state index contributed by atoms with van der Waals surface area (Å²) < 4.78 is 20.7. The normalized spacial score (nSPS) is 14.5. The first-order chi connectivity index (χ1) is 18.5. The van der Waals surface area contributed by atoms with Crippen LogP contribution in [-0.2, 0) is 4.79 Å². The number of aromatic nitrogens is 1. The van der Waals surface area contributed by atoms with Crippen LogP contribution < -0.4 is 14.5 Å². The quantitative estimate of drug-likeness (QED) is 0.173. The summed E-state index contributed by atoms with van der Waals surface area (Å²) >= 11 is 12.1. The monoisotopic (exact) mass is 565 g/mol. The molecule has 0 aliphatic carbocycles. The number of hydrogen-bond acceptors (Lipinski definition) is 5. The fourth-order valence-corrected chi connectivity index (χ4v) is 5.16. The van der Waals surface area contributed by atoms with Crippen molar-refractivity contribution >= 4 is 52.0 Å². The van der Waals surface area contributed by atoms with Gasteiger partial charge in [0.15, 0.2) is 5.11 Å². The lowest BCUT2D eigenvalue weighted by molar-refractivity contribution is -0.123. The summed E-state index contributed by atoms with van der Waals surface area (Å²) in [7, 11) is 3.79. The van der Waals surface area contributed by atoms with Crippen LogP contribution in [0.25, 0.3) is 16.0 Å². The second-order valence-electron chi connectivity index (χ2n) is 9.93. The Labute approximate surface area is 238 Å². The number of rotatable bonds is 8. The smallest absolute Gasteiger partial charge is 0.258 e. The molecule has 2 heterocycles. The van der Waals surface area contributed by atoms with Crippen molar-refractivity contribution in [3.8, 4) is 16.9 Å². The number of ether oxygens (including phenoxy) is 1. The lowest BCUT2D eigenvalue weighted by atomic mass is 10.0. The van der Waals surface area contributed by atoms with Crippen molar-refractivity contribution in [2.24, 2.45) is 0 Å². The molecule has 0 saturated carbocycles. The second-order valence-corrected chi connectivity index (χ2v) is 10.7. The molecule has 1 fully saturated rings. The van der Waals surface area contributed by atoms with Crippen LogP contribution >= 0.6 is 23.8 Å². The van der Waals surface area contributed by atoms with Crippen molar-refractivity contribution in [1.29, 1.82) is 0 Å². The van der Waals surface area contributed by atoms with Crippen LogP contribution in [0.3, 0.4) is 0 Å². The van der Waals surface area contributed by atoms with Crippen molar-refractivity contribution < 1.29 is 13.9 Å². The predicted octanol–water partition coefficient (Wildman–Crippen LogP) is 6.65. The molecular weight excluding hydrogens is 537 g/mol. The Morgan fingerprint density at radius 1 is 1.21 bits per heavy atom. The zero-order chi connectivity index (χ0) is 28.5. The first-order valence-electron chi connectivity index (χ1n) is 12.4. The molecular formula is C29H29ClFN5O2S. The van der Waals surface area contributed by atoms with Gasteiger partial charge < -0.3 is 14.5 Å². The number of thiocarbonyl (C=S) groups is 1. The minimum Gasteiger partial charge on any atom is -0.493 e. The number of halogens is 2. The van der Waals surface area contributed by atoms with E-state index in [-0.39, 0.29) is 5.91 Å². The van der Waals surface area contributed by atoms with Crippen LogP contribution in [0.5, 0.6) is 5.75 Å². The van der Waals surface area contributed by atoms with Gasteiger partial charge in [-0.05, 0) is 75.3 Å². The van der Waals surface area contributed by atoms with E-state index in [1.54, 1.807) is 37.4 Å². The molecule has 1 aliphatic rings. The van der Waals surface area contributed by atoms with Gasteiger partial charge in [0.2, 0.25) is 5.69 Å². The molecule has 0 bridgehead atoms. The van der Waals surface area contributed by atoms with Gasteiger partial charge in [0.25, 0.3) is 5.91 Å². The summed E-state index contributed by atoms with van der Waals surface area (Å²) in [5.74, 6) is 0.643. The van der Waals surface area contributed by atoms with E-state index in [1.807, 2.05) is 49.9 Å². The molecule has 1 amide bonds. The molecule has 1 saturated heterocycles. The Bertz CT molecular complexity index is 1470. The van der Waals surface area contributed by atoms with Crippen LogP contribution in [0.2, 0.25) is 5.02 Å². The van der Waals surface area contributed by atoms with Crippen molar-refractivity contribution in [3.63, 3.8) is 0 Å². The summed E-state index contributed by atoms with van der Waals surface area (Å²) in [5.41, 5.74) is 1.77. The number of nitrogens with zero attached hydrogens (tertiary/aromatic N) is 5. The number of pyridine rings is 1. The van der Waals surface area contributed by atoms with Gasteiger partial charge in [-0.1, -0.05) is 17.7 Å².